The second-order valence-corrected chi connectivity index (χ2v) is 4.64. The highest BCUT2D eigenvalue weighted by Gasteiger charge is 2.03. The number of quaternary nitrogens is 1. The normalized spacial score (nSPS) is 12.0. The van der Waals surface area contributed by atoms with Crippen molar-refractivity contribution in [2.75, 3.05) is 5.32 Å². The minimum atomic E-state index is -0.161. The second-order valence-electron chi connectivity index (χ2n) is 4.64. The van der Waals surface area contributed by atoms with Gasteiger partial charge in [0, 0.05) is 24.9 Å². The van der Waals surface area contributed by atoms with Gasteiger partial charge in [-0.05, 0) is 24.3 Å². The minimum absolute atomic E-state index is 0.00894. The highest BCUT2D eigenvalue weighted by molar-refractivity contribution is 5.92. The summed E-state index contributed by atoms with van der Waals surface area (Å²) in [6.45, 7) is 1.43. The molecular weight excluding hydrogens is 294 g/mol. The van der Waals surface area contributed by atoms with E-state index >= 15 is 0 Å². The molecule has 2 aromatic rings. The van der Waals surface area contributed by atoms with Gasteiger partial charge in [-0.25, -0.2) is 15.3 Å². The number of rotatable bonds is 3. The number of nitrogens with one attached hydrogen (secondary N) is 1. The molecule has 1 aromatic heterocycles. The van der Waals surface area contributed by atoms with E-state index in [1.165, 1.54) is 6.92 Å². The lowest BCUT2D eigenvalue weighted by atomic mass is 10.3. The first-order chi connectivity index (χ1) is 11.0. The first-order valence-corrected chi connectivity index (χ1v) is 6.85. The fraction of sp³-hybridized carbons (Fsp3) is 0.0667. The van der Waals surface area contributed by atoms with Crippen LogP contribution in [0.15, 0.2) is 58.6 Å². The van der Waals surface area contributed by atoms with Crippen molar-refractivity contribution in [3.63, 3.8) is 0 Å². The average molecular weight is 312 g/mol. The Labute approximate surface area is 133 Å². The fourth-order valence-electron chi connectivity index (χ4n) is 1.79. The molecule has 2 rings (SSSR count). The number of hydrogen-bond acceptors (Lipinski definition) is 3. The Morgan fingerprint density at radius 3 is 2.74 bits per heavy atom. The van der Waals surface area contributed by atoms with E-state index in [0.29, 0.717) is 17.2 Å². The molecule has 0 aliphatic rings. The van der Waals surface area contributed by atoms with Gasteiger partial charge < -0.3 is 16.8 Å². The van der Waals surface area contributed by atoms with E-state index < -0.39 is 0 Å². The van der Waals surface area contributed by atoms with Crippen LogP contribution in [0.1, 0.15) is 6.92 Å². The van der Waals surface area contributed by atoms with Crippen LogP contribution in [-0.2, 0) is 4.79 Å². The van der Waals surface area contributed by atoms with Crippen LogP contribution in [-0.4, -0.2) is 22.8 Å². The number of nitrogens with zero attached hydrogens (tertiary/aromatic N) is 3. The summed E-state index contributed by atoms with van der Waals surface area (Å²) in [5, 5.41) is 4.26. The lowest BCUT2D eigenvalue weighted by molar-refractivity contribution is -0.450. The standard InChI is InChI=1S/C15H17N7O/c1-10(23)19-11-5-4-6-12(9-11)20-14(16)22-15(17)21-13-7-2-3-8-18-13/h2-9H,1H3,(H,19,23)(H5,16,17,18,20,21,22)/p+1. The van der Waals surface area contributed by atoms with Gasteiger partial charge in [0.2, 0.25) is 17.7 Å². The van der Waals surface area contributed by atoms with Gasteiger partial charge in [-0.1, -0.05) is 12.1 Å². The van der Waals surface area contributed by atoms with Gasteiger partial charge in [-0.2, -0.15) is 0 Å². The Balaban J connectivity index is 2.09. The summed E-state index contributed by atoms with van der Waals surface area (Å²) < 4.78 is 0. The molecule has 0 aliphatic carbocycles. The third kappa shape index (κ3) is 5.56. The van der Waals surface area contributed by atoms with E-state index in [1.54, 1.807) is 41.8 Å². The zero-order valence-corrected chi connectivity index (χ0v) is 12.6. The summed E-state index contributed by atoms with van der Waals surface area (Å²) in [5.41, 5.74) is 12.7. The number of guanidine groups is 2. The number of benzene rings is 1. The van der Waals surface area contributed by atoms with Gasteiger partial charge in [-0.3, -0.25) is 4.79 Å². The van der Waals surface area contributed by atoms with E-state index in [9.17, 15) is 4.79 Å². The van der Waals surface area contributed by atoms with Crippen LogP contribution in [0.3, 0.4) is 0 Å². The topological polar surface area (TPSA) is 135 Å². The molecule has 0 saturated heterocycles. The van der Waals surface area contributed by atoms with Crippen molar-refractivity contribution < 1.29 is 10.1 Å². The third-order valence-corrected chi connectivity index (χ3v) is 2.64. The molecule has 118 valence electrons. The van der Waals surface area contributed by atoms with Gasteiger partial charge in [0.1, 0.15) is 0 Å². The lowest BCUT2D eigenvalue weighted by Crippen LogP contribution is -2.85. The van der Waals surface area contributed by atoms with Crippen LogP contribution in [0.2, 0.25) is 0 Å². The molecule has 0 radical (unpaired) electrons. The smallest absolute Gasteiger partial charge is 0.306 e. The summed E-state index contributed by atoms with van der Waals surface area (Å²) in [7, 11) is 0. The highest BCUT2D eigenvalue weighted by Crippen LogP contribution is 2.17. The molecule has 0 aliphatic heterocycles. The maximum atomic E-state index is 11.0. The summed E-state index contributed by atoms with van der Waals surface area (Å²) >= 11 is 0. The molecular formula is C15H18N7O+. The Morgan fingerprint density at radius 1 is 1.22 bits per heavy atom. The lowest BCUT2D eigenvalue weighted by Gasteiger charge is -2.02. The Bertz CT molecular complexity index is 741. The molecule has 0 saturated carbocycles. The number of amides is 1. The Kier molecular flexibility index (Phi) is 5.37. The summed E-state index contributed by atoms with van der Waals surface area (Å²) in [6, 6.07) is 12.4. The summed E-state index contributed by atoms with van der Waals surface area (Å²) in [4.78, 5) is 23.3. The predicted octanol–water partition coefficient (Wildman–Crippen LogP) is 0.196. The van der Waals surface area contributed by atoms with Gasteiger partial charge in [0.25, 0.3) is 0 Å². The van der Waals surface area contributed by atoms with Crippen LogP contribution in [0.25, 0.3) is 0 Å². The van der Waals surface area contributed by atoms with Crippen LogP contribution < -0.4 is 22.1 Å². The molecule has 8 nitrogen and oxygen atoms in total. The zero-order chi connectivity index (χ0) is 16.7. The number of nitrogens with two attached hydrogens (primary N) is 3. The number of aliphatic imine (C=N–C) groups is 2. The second kappa shape index (κ2) is 7.66. The summed E-state index contributed by atoms with van der Waals surface area (Å²) in [6.07, 6.45) is 1.66. The molecule has 0 bridgehead atoms. The van der Waals surface area contributed by atoms with Crippen molar-refractivity contribution in [3.8, 4) is 0 Å². The monoisotopic (exact) mass is 312 g/mol. The largest absolute Gasteiger partial charge is 0.368 e. The fourth-order valence-corrected chi connectivity index (χ4v) is 1.79. The van der Waals surface area contributed by atoms with Gasteiger partial charge in [0.05, 0.1) is 5.69 Å². The third-order valence-electron chi connectivity index (χ3n) is 2.64. The molecule has 0 spiro atoms. The number of carbonyl (C=O) groups excluding carboxylic acids is 1. The molecule has 23 heavy (non-hydrogen) atoms. The first-order valence-electron chi connectivity index (χ1n) is 6.85. The molecule has 7 N–H and O–H groups in total. The van der Waals surface area contributed by atoms with Crippen molar-refractivity contribution in [1.82, 2.24) is 4.98 Å². The van der Waals surface area contributed by atoms with E-state index in [4.69, 9.17) is 11.5 Å². The molecule has 1 aromatic carbocycles. The first kappa shape index (κ1) is 16.1. The minimum Gasteiger partial charge on any atom is -0.368 e. The van der Waals surface area contributed by atoms with Gasteiger partial charge in [-0.15, -0.1) is 4.99 Å². The molecule has 8 heteroatoms. The Morgan fingerprint density at radius 2 is 2.04 bits per heavy atom. The maximum Gasteiger partial charge on any atom is 0.306 e. The number of pyridine rings is 1. The van der Waals surface area contributed by atoms with Crippen molar-refractivity contribution in [2.24, 2.45) is 21.5 Å². The van der Waals surface area contributed by atoms with Crippen LogP contribution in [0, 0.1) is 0 Å². The number of aromatic nitrogens is 1. The van der Waals surface area contributed by atoms with Gasteiger partial charge >= 0.3 is 5.96 Å². The average Bonchev–Trinajstić information content (AvgIpc) is 2.47. The van der Waals surface area contributed by atoms with Crippen LogP contribution in [0.4, 0.5) is 17.2 Å². The van der Waals surface area contributed by atoms with Crippen molar-refractivity contribution >= 4 is 35.0 Å². The van der Waals surface area contributed by atoms with Crippen molar-refractivity contribution in [3.05, 3.63) is 48.7 Å². The molecule has 1 heterocycles. The molecule has 0 fully saturated rings. The summed E-state index contributed by atoms with van der Waals surface area (Å²) in [5.74, 6) is 0.721. The Hall–Kier alpha value is -3.26. The predicted molar refractivity (Wildman–Crippen MR) is 89.5 cm³/mol. The quantitative estimate of drug-likeness (QED) is 0.475. The highest BCUT2D eigenvalue weighted by atomic mass is 16.1. The van der Waals surface area contributed by atoms with Gasteiger partial charge in [0.15, 0.2) is 0 Å². The van der Waals surface area contributed by atoms with E-state index in [-0.39, 0.29) is 17.8 Å². The number of carbonyl (C=O) groups is 1. The molecule has 0 atom stereocenters. The van der Waals surface area contributed by atoms with E-state index in [1.807, 2.05) is 12.1 Å². The molecule has 1 amide bonds. The molecule has 0 unspecified atom stereocenters. The number of anilines is 1. The zero-order valence-electron chi connectivity index (χ0n) is 12.6. The SMILES string of the molecule is CC(=O)Nc1cccc(N=C(N)N=C(N)[NH2+]c2ccccn2)c1. The van der Waals surface area contributed by atoms with Crippen LogP contribution >= 0.6 is 0 Å². The van der Waals surface area contributed by atoms with Crippen LogP contribution in [0.5, 0.6) is 0 Å². The van der Waals surface area contributed by atoms with E-state index in [2.05, 4.69) is 20.3 Å². The van der Waals surface area contributed by atoms with Crippen molar-refractivity contribution in [1.29, 1.82) is 0 Å². The van der Waals surface area contributed by atoms with Crippen molar-refractivity contribution in [2.45, 2.75) is 6.92 Å². The van der Waals surface area contributed by atoms with E-state index in [0.717, 1.165) is 0 Å². The maximum absolute atomic E-state index is 11.0. The number of hydrogen-bond donors (Lipinski definition) is 4.